The molecule has 3 aromatic rings. The first-order valence-corrected chi connectivity index (χ1v) is 10.3. The number of rotatable bonds is 7. The highest BCUT2D eigenvalue weighted by molar-refractivity contribution is 7.22. The van der Waals surface area contributed by atoms with E-state index in [9.17, 15) is 4.79 Å². The number of thiazole rings is 1. The number of halogens is 3. The normalized spacial score (nSPS) is 10.8. The van der Waals surface area contributed by atoms with E-state index in [0.29, 0.717) is 34.0 Å². The molecule has 0 unspecified atom stereocenters. The lowest BCUT2D eigenvalue weighted by Crippen LogP contribution is -2.39. The maximum Gasteiger partial charge on any atom is 0.266 e. The Labute approximate surface area is 190 Å². The van der Waals surface area contributed by atoms with E-state index in [1.807, 2.05) is 38.1 Å². The van der Waals surface area contributed by atoms with Gasteiger partial charge >= 0.3 is 0 Å². The summed E-state index contributed by atoms with van der Waals surface area (Å²) in [6.07, 6.45) is 0. The fourth-order valence-electron chi connectivity index (χ4n) is 2.64. The number of hydrogen-bond acceptors (Lipinski definition) is 5. The van der Waals surface area contributed by atoms with Crippen LogP contribution < -0.4 is 9.64 Å². The summed E-state index contributed by atoms with van der Waals surface area (Å²) in [5, 5.41) is 1.93. The Morgan fingerprint density at radius 3 is 2.45 bits per heavy atom. The number of benzene rings is 2. The summed E-state index contributed by atoms with van der Waals surface area (Å²) in [4.78, 5) is 21.3. The molecule has 0 aliphatic rings. The van der Waals surface area contributed by atoms with Gasteiger partial charge in [-0.1, -0.05) is 34.5 Å². The molecule has 29 heavy (non-hydrogen) atoms. The number of amides is 1. The second-order valence-electron chi connectivity index (χ2n) is 6.66. The first-order chi connectivity index (χ1) is 13.3. The number of ether oxygens (including phenoxy) is 1. The number of carbonyl (C=O) groups excluding carboxylic acids is 1. The minimum atomic E-state index is -0.153. The summed E-state index contributed by atoms with van der Waals surface area (Å²) in [6, 6.07) is 10.7. The van der Waals surface area contributed by atoms with E-state index in [1.54, 1.807) is 29.2 Å². The van der Waals surface area contributed by atoms with Crippen LogP contribution in [0.1, 0.15) is 5.56 Å². The van der Waals surface area contributed by atoms with Crippen LogP contribution in [0.2, 0.25) is 10.0 Å². The van der Waals surface area contributed by atoms with Crippen LogP contribution in [0.3, 0.4) is 0 Å². The first-order valence-electron chi connectivity index (χ1n) is 8.73. The van der Waals surface area contributed by atoms with Crippen molar-refractivity contribution in [3.05, 3.63) is 52.0 Å². The van der Waals surface area contributed by atoms with E-state index in [1.165, 1.54) is 11.3 Å². The van der Waals surface area contributed by atoms with Crippen LogP contribution in [0.25, 0.3) is 10.2 Å². The zero-order valence-corrected chi connectivity index (χ0v) is 19.5. The zero-order valence-electron chi connectivity index (χ0n) is 16.3. The minimum Gasteiger partial charge on any atom is -0.484 e. The average molecular weight is 475 g/mol. The molecule has 1 aromatic heterocycles. The molecular weight excluding hydrogens is 453 g/mol. The molecule has 0 radical (unpaired) electrons. The molecular formula is C20H22Cl3N3O2S. The second-order valence-corrected chi connectivity index (χ2v) is 8.54. The quantitative estimate of drug-likeness (QED) is 0.466. The van der Waals surface area contributed by atoms with Crippen molar-refractivity contribution in [2.45, 2.75) is 6.92 Å². The fourth-order valence-corrected chi connectivity index (χ4v) is 4.23. The highest BCUT2D eigenvalue weighted by Crippen LogP contribution is 2.33. The molecule has 0 N–H and O–H groups in total. The van der Waals surface area contributed by atoms with Crippen molar-refractivity contribution in [2.24, 2.45) is 0 Å². The maximum absolute atomic E-state index is 12.9. The third-order valence-electron chi connectivity index (χ3n) is 4.12. The lowest BCUT2D eigenvalue weighted by Gasteiger charge is -2.22. The van der Waals surface area contributed by atoms with Crippen LogP contribution in [0.5, 0.6) is 5.75 Å². The molecule has 0 atom stereocenters. The minimum absolute atomic E-state index is 0. The van der Waals surface area contributed by atoms with E-state index < -0.39 is 0 Å². The molecule has 0 fully saturated rings. The van der Waals surface area contributed by atoms with E-state index >= 15 is 0 Å². The van der Waals surface area contributed by atoms with Gasteiger partial charge in [0.1, 0.15) is 5.75 Å². The fraction of sp³-hybridized carbons (Fsp3) is 0.300. The molecule has 1 amide bonds. The molecule has 0 aliphatic heterocycles. The number of nitrogens with zero attached hydrogens (tertiary/aromatic N) is 3. The van der Waals surface area contributed by atoms with Gasteiger partial charge in [-0.3, -0.25) is 9.69 Å². The Kier molecular flexibility index (Phi) is 8.55. The molecule has 1 heterocycles. The van der Waals surface area contributed by atoms with Crippen molar-refractivity contribution >= 4 is 68.2 Å². The summed E-state index contributed by atoms with van der Waals surface area (Å²) in [6.45, 7) is 3.11. The molecule has 0 saturated heterocycles. The SMILES string of the molecule is Cc1cc(Cl)cc2sc(N(CCN(C)C)C(=O)COc3ccc(Cl)cc3)nc12.Cl. The summed E-state index contributed by atoms with van der Waals surface area (Å²) >= 11 is 13.5. The summed E-state index contributed by atoms with van der Waals surface area (Å²) in [5.74, 6) is 0.442. The van der Waals surface area contributed by atoms with E-state index in [2.05, 4.69) is 0 Å². The summed E-state index contributed by atoms with van der Waals surface area (Å²) in [7, 11) is 3.93. The summed E-state index contributed by atoms with van der Waals surface area (Å²) < 4.78 is 6.60. The van der Waals surface area contributed by atoms with Crippen LogP contribution >= 0.6 is 46.9 Å². The van der Waals surface area contributed by atoms with Gasteiger partial charge in [-0.25, -0.2) is 4.98 Å². The highest BCUT2D eigenvalue weighted by Gasteiger charge is 2.21. The monoisotopic (exact) mass is 473 g/mol. The van der Waals surface area contributed by atoms with Crippen molar-refractivity contribution in [1.29, 1.82) is 0 Å². The van der Waals surface area contributed by atoms with Gasteiger partial charge in [0.25, 0.3) is 5.91 Å². The van der Waals surface area contributed by atoms with Crippen LogP contribution in [0.15, 0.2) is 36.4 Å². The lowest BCUT2D eigenvalue weighted by molar-refractivity contribution is -0.120. The Bertz CT molecular complexity index is 977. The Hall–Kier alpha value is -1.57. The molecule has 9 heteroatoms. The molecule has 0 saturated carbocycles. The summed E-state index contributed by atoms with van der Waals surface area (Å²) in [5.41, 5.74) is 1.85. The number of aromatic nitrogens is 1. The molecule has 0 aliphatic carbocycles. The number of aryl methyl sites for hydroxylation is 1. The van der Waals surface area contributed by atoms with E-state index in [4.69, 9.17) is 32.9 Å². The lowest BCUT2D eigenvalue weighted by atomic mass is 10.2. The van der Waals surface area contributed by atoms with Crippen LogP contribution in [-0.4, -0.2) is 49.6 Å². The first kappa shape index (κ1) is 23.7. The molecule has 5 nitrogen and oxygen atoms in total. The number of carbonyl (C=O) groups is 1. The standard InChI is InChI=1S/C20H21Cl2N3O2S.ClH/c1-13-10-15(22)11-17-19(13)23-20(28-17)25(9-8-24(2)3)18(26)12-27-16-6-4-14(21)5-7-16;/h4-7,10-11H,8-9,12H2,1-3H3;1H. The van der Waals surface area contributed by atoms with Gasteiger partial charge in [0, 0.05) is 23.1 Å². The van der Waals surface area contributed by atoms with Crippen molar-refractivity contribution in [3.8, 4) is 5.75 Å². The molecule has 3 rings (SSSR count). The van der Waals surface area contributed by atoms with Gasteiger partial charge in [0.15, 0.2) is 11.7 Å². The van der Waals surface area contributed by atoms with Crippen molar-refractivity contribution < 1.29 is 9.53 Å². The third kappa shape index (κ3) is 6.20. The molecule has 2 aromatic carbocycles. The number of fused-ring (bicyclic) bond motifs is 1. The Morgan fingerprint density at radius 1 is 1.10 bits per heavy atom. The predicted molar refractivity (Wildman–Crippen MR) is 124 cm³/mol. The Balaban J connectivity index is 0.00000300. The van der Waals surface area contributed by atoms with Crippen molar-refractivity contribution in [1.82, 2.24) is 9.88 Å². The van der Waals surface area contributed by atoms with Gasteiger partial charge in [-0.2, -0.15) is 0 Å². The number of hydrogen-bond donors (Lipinski definition) is 0. The largest absolute Gasteiger partial charge is 0.484 e. The molecule has 156 valence electrons. The van der Waals surface area contributed by atoms with Gasteiger partial charge in [0.2, 0.25) is 0 Å². The van der Waals surface area contributed by atoms with Gasteiger partial charge in [-0.15, -0.1) is 12.4 Å². The average Bonchev–Trinajstić information content (AvgIpc) is 3.05. The van der Waals surface area contributed by atoms with Gasteiger partial charge in [-0.05, 0) is 63.0 Å². The number of likely N-dealkylation sites (N-methyl/N-ethyl adjacent to an activating group) is 1. The third-order valence-corrected chi connectivity index (χ3v) is 5.61. The topological polar surface area (TPSA) is 45.7 Å². The van der Waals surface area contributed by atoms with Crippen LogP contribution in [0, 0.1) is 6.92 Å². The van der Waals surface area contributed by atoms with Gasteiger partial charge in [0.05, 0.1) is 10.2 Å². The van der Waals surface area contributed by atoms with Crippen LogP contribution in [0.4, 0.5) is 5.13 Å². The van der Waals surface area contributed by atoms with Crippen LogP contribution in [-0.2, 0) is 4.79 Å². The van der Waals surface area contributed by atoms with Crippen molar-refractivity contribution in [3.63, 3.8) is 0 Å². The number of anilines is 1. The second kappa shape index (κ2) is 10.5. The maximum atomic E-state index is 12.9. The molecule has 0 bridgehead atoms. The smallest absolute Gasteiger partial charge is 0.266 e. The van der Waals surface area contributed by atoms with E-state index in [-0.39, 0.29) is 24.9 Å². The Morgan fingerprint density at radius 2 is 1.79 bits per heavy atom. The van der Waals surface area contributed by atoms with Gasteiger partial charge < -0.3 is 9.64 Å². The van der Waals surface area contributed by atoms with Crippen molar-refractivity contribution in [2.75, 3.05) is 38.7 Å². The predicted octanol–water partition coefficient (Wildman–Crippen LogP) is 5.31. The molecule has 0 spiro atoms. The van der Waals surface area contributed by atoms with E-state index in [0.717, 1.165) is 15.8 Å². The highest BCUT2D eigenvalue weighted by atomic mass is 35.5. The zero-order chi connectivity index (χ0) is 20.3.